The van der Waals surface area contributed by atoms with E-state index in [1.165, 1.54) is 6.20 Å². The van der Waals surface area contributed by atoms with E-state index in [-0.39, 0.29) is 5.82 Å². The van der Waals surface area contributed by atoms with Gasteiger partial charge in [-0.15, -0.1) is 0 Å². The van der Waals surface area contributed by atoms with Gasteiger partial charge in [0, 0.05) is 32.1 Å². The Morgan fingerprint density at radius 1 is 1.46 bits per heavy atom. The number of nitriles is 1. The number of unbranched alkanes of at least 4 members (excludes halogenated alkanes) is 1. The van der Waals surface area contributed by atoms with Crippen molar-refractivity contribution < 1.29 is 4.79 Å². The zero-order chi connectivity index (χ0) is 17.1. The van der Waals surface area contributed by atoms with Crippen molar-refractivity contribution in [2.45, 2.75) is 45.1 Å². The number of aromatic nitrogens is 2. The highest BCUT2D eigenvalue weighted by Crippen LogP contribution is 2.32. The van der Waals surface area contributed by atoms with E-state index < -0.39 is 0 Å². The Bertz CT molecular complexity index is 655. The van der Waals surface area contributed by atoms with E-state index in [2.05, 4.69) is 26.7 Å². The lowest BCUT2D eigenvalue weighted by atomic mass is 9.83. The van der Waals surface area contributed by atoms with Crippen LogP contribution in [-0.4, -0.2) is 46.5 Å². The van der Waals surface area contributed by atoms with Crippen molar-refractivity contribution in [2.75, 3.05) is 30.3 Å². The molecule has 0 radical (unpaired) electrons. The molecule has 2 fully saturated rings. The summed E-state index contributed by atoms with van der Waals surface area (Å²) in [6.45, 7) is 4.67. The average Bonchev–Trinajstić information content (AvgIpc) is 2.60. The molecule has 2 saturated heterocycles. The van der Waals surface area contributed by atoms with Crippen molar-refractivity contribution in [2.24, 2.45) is 5.92 Å². The van der Waals surface area contributed by atoms with Crippen molar-refractivity contribution in [3.63, 3.8) is 0 Å². The van der Waals surface area contributed by atoms with Crippen molar-refractivity contribution in [3.8, 4) is 6.07 Å². The number of nitrogens with zero attached hydrogens (tertiary/aromatic N) is 5. The number of hydrogen-bond donors (Lipinski definition) is 1. The molecule has 7 nitrogen and oxygen atoms in total. The predicted octanol–water partition coefficient (Wildman–Crippen LogP) is 1.55. The van der Waals surface area contributed by atoms with Gasteiger partial charge in [-0.2, -0.15) is 10.2 Å². The number of anilines is 2. The molecular formula is C17H24N6O. The average molecular weight is 328 g/mol. The Labute approximate surface area is 142 Å². The summed E-state index contributed by atoms with van der Waals surface area (Å²) < 4.78 is 0. The topological polar surface area (TPSA) is 99.1 Å². The van der Waals surface area contributed by atoms with E-state index in [1.807, 2.05) is 6.07 Å². The maximum atomic E-state index is 12.3. The predicted molar refractivity (Wildman–Crippen MR) is 91.1 cm³/mol. The Morgan fingerprint density at radius 3 is 3.00 bits per heavy atom. The van der Waals surface area contributed by atoms with Crippen LogP contribution in [0.4, 0.5) is 11.8 Å². The minimum Gasteiger partial charge on any atom is -0.382 e. The van der Waals surface area contributed by atoms with Gasteiger partial charge < -0.3 is 15.5 Å². The monoisotopic (exact) mass is 328 g/mol. The molecule has 7 heteroatoms. The smallest absolute Gasteiger partial charge is 0.227 e. The summed E-state index contributed by atoms with van der Waals surface area (Å²) in [4.78, 5) is 25.1. The molecule has 2 atom stereocenters. The van der Waals surface area contributed by atoms with Gasteiger partial charge in [-0.3, -0.25) is 4.79 Å². The highest BCUT2D eigenvalue weighted by atomic mass is 16.2. The molecule has 2 N–H and O–H groups in total. The van der Waals surface area contributed by atoms with Gasteiger partial charge in [0.05, 0.1) is 6.20 Å². The Kier molecular flexibility index (Phi) is 4.84. The lowest BCUT2D eigenvalue weighted by molar-refractivity contribution is -0.139. The molecule has 0 saturated carbocycles. The van der Waals surface area contributed by atoms with E-state index >= 15 is 0 Å². The molecule has 0 aliphatic carbocycles. The standard InChI is InChI=1S/C17H24N6O/c1-2-3-7-23-14-6-8-22(11-12(14)4-5-15(23)24)17-20-10-13(9-18)16(19)21-17/h10,12,14H,2-8,11H2,1H3,(H2,19,20,21)/t12-,14+/m0/s1. The molecule has 1 amide bonds. The molecule has 0 spiro atoms. The van der Waals surface area contributed by atoms with Crippen LogP contribution in [-0.2, 0) is 4.79 Å². The van der Waals surface area contributed by atoms with Crippen LogP contribution >= 0.6 is 0 Å². The third-order valence-corrected chi connectivity index (χ3v) is 5.10. The number of fused-ring (bicyclic) bond motifs is 1. The lowest BCUT2D eigenvalue weighted by Crippen LogP contribution is -2.56. The molecule has 2 aliphatic heterocycles. The summed E-state index contributed by atoms with van der Waals surface area (Å²) in [6.07, 6.45) is 6.15. The zero-order valence-electron chi connectivity index (χ0n) is 14.1. The third-order valence-electron chi connectivity index (χ3n) is 5.10. The van der Waals surface area contributed by atoms with E-state index in [1.54, 1.807) is 0 Å². The normalized spacial score (nSPS) is 23.8. The first-order valence-electron chi connectivity index (χ1n) is 8.71. The lowest BCUT2D eigenvalue weighted by Gasteiger charge is -2.47. The number of carbonyl (C=O) groups is 1. The van der Waals surface area contributed by atoms with Crippen LogP contribution in [0.15, 0.2) is 6.20 Å². The highest BCUT2D eigenvalue weighted by molar-refractivity contribution is 5.77. The third kappa shape index (κ3) is 3.14. The van der Waals surface area contributed by atoms with Crippen molar-refractivity contribution in [1.82, 2.24) is 14.9 Å². The van der Waals surface area contributed by atoms with Crippen molar-refractivity contribution in [1.29, 1.82) is 5.26 Å². The highest BCUT2D eigenvalue weighted by Gasteiger charge is 2.39. The zero-order valence-corrected chi connectivity index (χ0v) is 14.1. The number of nitrogen functional groups attached to an aromatic ring is 1. The number of piperidine rings is 2. The summed E-state index contributed by atoms with van der Waals surface area (Å²) in [6, 6.07) is 2.33. The number of carbonyl (C=O) groups excluding carboxylic acids is 1. The van der Waals surface area contributed by atoms with Gasteiger partial charge in [-0.05, 0) is 25.2 Å². The number of amides is 1. The minimum absolute atomic E-state index is 0.230. The summed E-state index contributed by atoms with van der Waals surface area (Å²) in [5.74, 6) is 1.57. The quantitative estimate of drug-likeness (QED) is 0.900. The summed E-state index contributed by atoms with van der Waals surface area (Å²) in [5.41, 5.74) is 6.12. The maximum Gasteiger partial charge on any atom is 0.227 e. The number of nitrogens with two attached hydrogens (primary N) is 1. The van der Waals surface area contributed by atoms with E-state index in [0.717, 1.165) is 45.3 Å². The van der Waals surface area contributed by atoms with Gasteiger partial charge in [-0.25, -0.2) is 4.98 Å². The second-order valence-corrected chi connectivity index (χ2v) is 6.62. The van der Waals surface area contributed by atoms with E-state index in [0.29, 0.717) is 35.8 Å². The molecule has 2 aliphatic rings. The molecule has 24 heavy (non-hydrogen) atoms. The largest absolute Gasteiger partial charge is 0.382 e. The van der Waals surface area contributed by atoms with Crippen LogP contribution in [0.3, 0.4) is 0 Å². The van der Waals surface area contributed by atoms with Gasteiger partial charge in [0.15, 0.2) is 0 Å². The second kappa shape index (κ2) is 7.04. The molecule has 3 heterocycles. The molecule has 3 rings (SSSR count). The fourth-order valence-corrected chi connectivity index (χ4v) is 3.78. The minimum atomic E-state index is 0.230. The summed E-state index contributed by atoms with van der Waals surface area (Å²) in [7, 11) is 0. The van der Waals surface area contributed by atoms with Crippen LogP contribution in [0.1, 0.15) is 44.6 Å². The first-order chi connectivity index (χ1) is 11.6. The fourth-order valence-electron chi connectivity index (χ4n) is 3.78. The molecule has 128 valence electrons. The summed E-state index contributed by atoms with van der Waals surface area (Å²) >= 11 is 0. The second-order valence-electron chi connectivity index (χ2n) is 6.62. The first kappa shape index (κ1) is 16.5. The maximum absolute atomic E-state index is 12.3. The molecule has 0 aromatic carbocycles. The molecule has 1 aromatic heterocycles. The van der Waals surface area contributed by atoms with E-state index in [4.69, 9.17) is 11.0 Å². The number of hydrogen-bond acceptors (Lipinski definition) is 6. The Morgan fingerprint density at radius 2 is 2.29 bits per heavy atom. The number of likely N-dealkylation sites (tertiary alicyclic amines) is 1. The molecular weight excluding hydrogens is 304 g/mol. The van der Waals surface area contributed by atoms with Crippen LogP contribution in [0, 0.1) is 17.2 Å². The van der Waals surface area contributed by atoms with Gasteiger partial charge in [0.25, 0.3) is 0 Å². The van der Waals surface area contributed by atoms with Gasteiger partial charge in [0.1, 0.15) is 17.5 Å². The Hall–Kier alpha value is -2.36. The van der Waals surface area contributed by atoms with Crippen molar-refractivity contribution in [3.05, 3.63) is 11.8 Å². The van der Waals surface area contributed by atoms with E-state index in [9.17, 15) is 4.79 Å². The van der Waals surface area contributed by atoms with Gasteiger partial charge >= 0.3 is 0 Å². The van der Waals surface area contributed by atoms with Crippen LogP contribution in [0.2, 0.25) is 0 Å². The summed E-state index contributed by atoms with van der Waals surface area (Å²) in [5, 5.41) is 8.94. The van der Waals surface area contributed by atoms with Crippen LogP contribution in [0.25, 0.3) is 0 Å². The SMILES string of the molecule is CCCCN1C(=O)CC[C@H]2CN(c3ncc(C#N)c(N)n3)CC[C@H]21. The fraction of sp³-hybridized carbons (Fsp3) is 0.647. The molecule has 1 aromatic rings. The van der Waals surface area contributed by atoms with Crippen LogP contribution < -0.4 is 10.6 Å². The van der Waals surface area contributed by atoms with Crippen LogP contribution in [0.5, 0.6) is 0 Å². The van der Waals surface area contributed by atoms with Gasteiger partial charge in [-0.1, -0.05) is 13.3 Å². The van der Waals surface area contributed by atoms with Gasteiger partial charge in [0.2, 0.25) is 11.9 Å². The molecule has 0 unspecified atom stereocenters. The first-order valence-corrected chi connectivity index (χ1v) is 8.71. The van der Waals surface area contributed by atoms with Crippen molar-refractivity contribution >= 4 is 17.7 Å². The molecule has 0 bridgehead atoms. The Balaban J connectivity index is 1.72. The number of rotatable bonds is 4.